The summed E-state index contributed by atoms with van der Waals surface area (Å²) in [4.78, 5) is 10.8. The Morgan fingerprint density at radius 3 is 2.45 bits per heavy atom. The summed E-state index contributed by atoms with van der Waals surface area (Å²) in [6.07, 6.45) is -0.282. The molecular formula is C17H19N3O2. The standard InChI is InChI=1S/C17H19N3O2/c1-19-13-8-6-12(7-9-13)11-20-16-5-3-2-4-14(16)15(18)10-17(21)22/h2-9,18-20H,10-11H2,1H3,(H,21,22). The molecule has 0 bridgehead atoms. The molecule has 5 heteroatoms. The van der Waals surface area contributed by atoms with Crippen molar-refractivity contribution in [1.29, 1.82) is 5.41 Å². The molecule has 0 aliphatic heterocycles. The normalized spacial score (nSPS) is 10.0. The molecule has 2 aromatic rings. The molecule has 0 unspecified atom stereocenters. The summed E-state index contributed by atoms with van der Waals surface area (Å²) in [6.45, 7) is 0.612. The zero-order valence-corrected chi connectivity index (χ0v) is 12.4. The third-order valence-corrected chi connectivity index (χ3v) is 3.31. The van der Waals surface area contributed by atoms with E-state index in [0.717, 1.165) is 16.9 Å². The zero-order valence-electron chi connectivity index (χ0n) is 12.4. The highest BCUT2D eigenvalue weighted by molar-refractivity contribution is 6.10. The van der Waals surface area contributed by atoms with Crippen molar-refractivity contribution in [2.45, 2.75) is 13.0 Å². The predicted octanol–water partition coefficient (Wildman–Crippen LogP) is 3.18. The molecule has 0 fully saturated rings. The second kappa shape index (κ2) is 7.26. The number of carbonyl (C=O) groups is 1. The number of para-hydroxylation sites is 1. The molecular weight excluding hydrogens is 278 g/mol. The second-order valence-corrected chi connectivity index (χ2v) is 4.90. The van der Waals surface area contributed by atoms with E-state index in [0.29, 0.717) is 12.1 Å². The Kier molecular flexibility index (Phi) is 5.14. The Morgan fingerprint density at radius 1 is 1.14 bits per heavy atom. The summed E-state index contributed by atoms with van der Waals surface area (Å²) < 4.78 is 0. The van der Waals surface area contributed by atoms with Gasteiger partial charge in [0.1, 0.15) is 0 Å². The minimum atomic E-state index is -0.998. The summed E-state index contributed by atoms with van der Waals surface area (Å²) in [6, 6.07) is 15.3. The highest BCUT2D eigenvalue weighted by Gasteiger charge is 2.10. The van der Waals surface area contributed by atoms with E-state index >= 15 is 0 Å². The minimum absolute atomic E-state index is 0.0983. The van der Waals surface area contributed by atoms with Crippen LogP contribution in [0.4, 0.5) is 11.4 Å². The minimum Gasteiger partial charge on any atom is -0.481 e. The first-order chi connectivity index (χ1) is 10.6. The number of rotatable bonds is 7. The number of nitrogens with one attached hydrogen (secondary N) is 3. The Labute approximate surface area is 129 Å². The van der Waals surface area contributed by atoms with Crippen LogP contribution in [0.1, 0.15) is 17.5 Å². The van der Waals surface area contributed by atoms with Crippen molar-refractivity contribution < 1.29 is 9.90 Å². The molecule has 0 saturated carbocycles. The van der Waals surface area contributed by atoms with E-state index in [9.17, 15) is 4.79 Å². The summed E-state index contributed by atoms with van der Waals surface area (Å²) in [7, 11) is 1.87. The highest BCUT2D eigenvalue weighted by Crippen LogP contribution is 2.18. The number of carboxylic acids is 1. The molecule has 0 spiro atoms. The summed E-state index contributed by atoms with van der Waals surface area (Å²) in [5.41, 5.74) is 3.65. The Bertz CT molecular complexity index is 666. The van der Waals surface area contributed by atoms with Crippen molar-refractivity contribution >= 4 is 23.1 Å². The van der Waals surface area contributed by atoms with Gasteiger partial charge in [-0.2, -0.15) is 0 Å². The number of hydrogen-bond donors (Lipinski definition) is 4. The van der Waals surface area contributed by atoms with Gasteiger partial charge in [-0.05, 0) is 23.8 Å². The fourth-order valence-electron chi connectivity index (χ4n) is 2.13. The third kappa shape index (κ3) is 4.09. The van der Waals surface area contributed by atoms with Crippen molar-refractivity contribution in [3.63, 3.8) is 0 Å². The molecule has 2 rings (SSSR count). The van der Waals surface area contributed by atoms with Crippen LogP contribution in [0.15, 0.2) is 48.5 Å². The van der Waals surface area contributed by atoms with Crippen molar-refractivity contribution in [1.82, 2.24) is 0 Å². The molecule has 4 N–H and O–H groups in total. The van der Waals surface area contributed by atoms with Crippen LogP contribution in [0.2, 0.25) is 0 Å². The number of hydrogen-bond acceptors (Lipinski definition) is 4. The Morgan fingerprint density at radius 2 is 1.82 bits per heavy atom. The van der Waals surface area contributed by atoms with E-state index in [1.54, 1.807) is 12.1 Å². The fourth-order valence-corrected chi connectivity index (χ4v) is 2.13. The average Bonchev–Trinajstić information content (AvgIpc) is 2.53. The number of benzene rings is 2. The lowest BCUT2D eigenvalue weighted by molar-refractivity contribution is -0.135. The van der Waals surface area contributed by atoms with Crippen molar-refractivity contribution in [2.24, 2.45) is 0 Å². The fraction of sp³-hybridized carbons (Fsp3) is 0.176. The van der Waals surface area contributed by atoms with Crippen LogP contribution >= 0.6 is 0 Å². The van der Waals surface area contributed by atoms with Gasteiger partial charge in [-0.15, -0.1) is 0 Å². The molecule has 2 aromatic carbocycles. The van der Waals surface area contributed by atoms with E-state index in [2.05, 4.69) is 10.6 Å². The van der Waals surface area contributed by atoms with Gasteiger partial charge in [0.05, 0.1) is 12.1 Å². The third-order valence-electron chi connectivity index (χ3n) is 3.31. The molecule has 0 aromatic heterocycles. The molecule has 0 aliphatic carbocycles. The summed E-state index contributed by atoms with van der Waals surface area (Å²) in [5, 5.41) is 23.1. The predicted molar refractivity (Wildman–Crippen MR) is 88.8 cm³/mol. The van der Waals surface area contributed by atoms with Gasteiger partial charge < -0.3 is 21.1 Å². The highest BCUT2D eigenvalue weighted by atomic mass is 16.4. The van der Waals surface area contributed by atoms with Crippen LogP contribution in [-0.2, 0) is 11.3 Å². The van der Waals surface area contributed by atoms with E-state index < -0.39 is 5.97 Å². The monoisotopic (exact) mass is 297 g/mol. The van der Waals surface area contributed by atoms with Gasteiger partial charge in [-0.3, -0.25) is 4.79 Å². The smallest absolute Gasteiger partial charge is 0.309 e. The molecule has 114 valence electrons. The number of anilines is 2. The van der Waals surface area contributed by atoms with Gasteiger partial charge in [-0.25, -0.2) is 0 Å². The average molecular weight is 297 g/mol. The van der Waals surface area contributed by atoms with Crippen molar-refractivity contribution in [2.75, 3.05) is 17.7 Å². The topological polar surface area (TPSA) is 85.2 Å². The lowest BCUT2D eigenvalue weighted by atomic mass is 10.0. The van der Waals surface area contributed by atoms with Crippen LogP contribution in [0.25, 0.3) is 0 Å². The van der Waals surface area contributed by atoms with E-state index in [4.69, 9.17) is 10.5 Å². The van der Waals surface area contributed by atoms with Gasteiger partial charge in [0, 0.05) is 30.5 Å². The molecule has 0 saturated heterocycles. The van der Waals surface area contributed by atoms with E-state index in [1.165, 1.54) is 0 Å². The maximum atomic E-state index is 10.8. The first kappa shape index (κ1) is 15.6. The molecule has 22 heavy (non-hydrogen) atoms. The summed E-state index contributed by atoms with van der Waals surface area (Å²) in [5.74, 6) is -0.998. The quantitative estimate of drug-likeness (QED) is 0.591. The van der Waals surface area contributed by atoms with Crippen molar-refractivity contribution in [3.8, 4) is 0 Å². The van der Waals surface area contributed by atoms with Gasteiger partial charge in [0.25, 0.3) is 0 Å². The largest absolute Gasteiger partial charge is 0.481 e. The molecule has 5 nitrogen and oxygen atoms in total. The van der Waals surface area contributed by atoms with Crippen LogP contribution < -0.4 is 10.6 Å². The Balaban J connectivity index is 2.09. The van der Waals surface area contributed by atoms with Gasteiger partial charge in [-0.1, -0.05) is 30.3 Å². The molecule has 0 radical (unpaired) electrons. The lowest BCUT2D eigenvalue weighted by Crippen LogP contribution is -2.10. The maximum Gasteiger partial charge on any atom is 0.309 e. The second-order valence-electron chi connectivity index (χ2n) is 4.90. The molecule has 0 aliphatic rings. The maximum absolute atomic E-state index is 10.8. The van der Waals surface area contributed by atoms with Gasteiger partial charge in [0.2, 0.25) is 0 Å². The van der Waals surface area contributed by atoms with Crippen LogP contribution in [0.3, 0.4) is 0 Å². The molecule has 0 amide bonds. The van der Waals surface area contributed by atoms with Crippen LogP contribution in [-0.4, -0.2) is 23.8 Å². The first-order valence-corrected chi connectivity index (χ1v) is 6.99. The molecule has 0 heterocycles. The number of aliphatic carboxylic acids is 1. The van der Waals surface area contributed by atoms with Crippen LogP contribution in [0.5, 0.6) is 0 Å². The van der Waals surface area contributed by atoms with Crippen LogP contribution in [0, 0.1) is 5.41 Å². The van der Waals surface area contributed by atoms with Gasteiger partial charge in [0.15, 0.2) is 0 Å². The molecule has 0 atom stereocenters. The number of carboxylic acid groups (broad SMARTS) is 1. The van der Waals surface area contributed by atoms with Gasteiger partial charge >= 0.3 is 5.97 Å². The Hall–Kier alpha value is -2.82. The lowest BCUT2D eigenvalue weighted by Gasteiger charge is -2.12. The van der Waals surface area contributed by atoms with E-state index in [-0.39, 0.29) is 12.1 Å². The first-order valence-electron chi connectivity index (χ1n) is 6.99. The summed E-state index contributed by atoms with van der Waals surface area (Å²) >= 11 is 0. The van der Waals surface area contributed by atoms with E-state index in [1.807, 2.05) is 43.4 Å². The SMILES string of the molecule is CNc1ccc(CNc2ccccc2C(=N)CC(=O)O)cc1. The zero-order chi connectivity index (χ0) is 15.9. The van der Waals surface area contributed by atoms with Crippen molar-refractivity contribution in [3.05, 3.63) is 59.7 Å².